The molecule has 6 heteroatoms. The van der Waals surface area contributed by atoms with Crippen LogP contribution in [0.1, 0.15) is 15.9 Å². The predicted octanol–water partition coefficient (Wildman–Crippen LogP) is 5.44. The SMILES string of the molecule is O=C(O)c1cc(-c2ccc(C(F)(F)F)cc2)cc(-c2ccccc2)c1O. The smallest absolute Gasteiger partial charge is 0.416 e. The molecule has 2 N–H and O–H groups in total. The summed E-state index contributed by atoms with van der Waals surface area (Å²) >= 11 is 0. The van der Waals surface area contributed by atoms with Crippen molar-refractivity contribution in [2.24, 2.45) is 0 Å². The Morgan fingerprint density at radius 3 is 1.96 bits per heavy atom. The van der Waals surface area contributed by atoms with Crippen LogP contribution in [0.15, 0.2) is 66.7 Å². The lowest BCUT2D eigenvalue weighted by atomic mass is 9.94. The first-order valence-electron chi connectivity index (χ1n) is 7.61. The van der Waals surface area contributed by atoms with Crippen molar-refractivity contribution in [3.63, 3.8) is 0 Å². The molecule has 0 unspecified atom stereocenters. The van der Waals surface area contributed by atoms with Crippen LogP contribution >= 0.6 is 0 Å². The van der Waals surface area contributed by atoms with Gasteiger partial charge in [-0.1, -0.05) is 42.5 Å². The van der Waals surface area contributed by atoms with Crippen LogP contribution in [0, 0.1) is 0 Å². The molecule has 0 saturated carbocycles. The Morgan fingerprint density at radius 1 is 0.808 bits per heavy atom. The van der Waals surface area contributed by atoms with Gasteiger partial charge in [0.1, 0.15) is 11.3 Å². The molecule has 0 heterocycles. The minimum absolute atomic E-state index is 0.292. The number of carboxylic acid groups (broad SMARTS) is 1. The van der Waals surface area contributed by atoms with Crippen molar-refractivity contribution in [1.29, 1.82) is 0 Å². The van der Waals surface area contributed by atoms with E-state index in [9.17, 15) is 28.2 Å². The average molecular weight is 358 g/mol. The van der Waals surface area contributed by atoms with Gasteiger partial charge in [-0.2, -0.15) is 13.2 Å². The van der Waals surface area contributed by atoms with E-state index in [1.54, 1.807) is 36.4 Å². The summed E-state index contributed by atoms with van der Waals surface area (Å²) in [6.07, 6.45) is -4.45. The van der Waals surface area contributed by atoms with Crippen LogP contribution in [0.4, 0.5) is 13.2 Å². The van der Waals surface area contributed by atoms with Gasteiger partial charge < -0.3 is 10.2 Å². The minimum Gasteiger partial charge on any atom is -0.506 e. The second-order valence-corrected chi connectivity index (χ2v) is 5.67. The molecule has 26 heavy (non-hydrogen) atoms. The fourth-order valence-corrected chi connectivity index (χ4v) is 2.65. The minimum atomic E-state index is -4.45. The molecular formula is C20H13F3O3. The average Bonchev–Trinajstić information content (AvgIpc) is 2.62. The highest BCUT2D eigenvalue weighted by Crippen LogP contribution is 2.38. The third-order valence-electron chi connectivity index (χ3n) is 3.97. The lowest BCUT2D eigenvalue weighted by Crippen LogP contribution is -2.04. The summed E-state index contributed by atoms with van der Waals surface area (Å²) < 4.78 is 38.2. The first-order chi connectivity index (χ1) is 12.3. The Morgan fingerprint density at radius 2 is 1.42 bits per heavy atom. The quantitative estimate of drug-likeness (QED) is 0.655. The summed E-state index contributed by atoms with van der Waals surface area (Å²) in [5.41, 5.74) is 0.593. The largest absolute Gasteiger partial charge is 0.506 e. The molecule has 3 nitrogen and oxygen atoms in total. The fourth-order valence-electron chi connectivity index (χ4n) is 2.65. The van der Waals surface area contributed by atoms with Gasteiger partial charge >= 0.3 is 12.1 Å². The van der Waals surface area contributed by atoms with Gasteiger partial charge in [0.15, 0.2) is 0 Å². The molecule has 0 bridgehead atoms. The summed E-state index contributed by atoms with van der Waals surface area (Å²) in [6.45, 7) is 0. The zero-order chi connectivity index (χ0) is 18.9. The molecule has 132 valence electrons. The van der Waals surface area contributed by atoms with Crippen LogP contribution in [0.3, 0.4) is 0 Å². The Labute approximate surface area is 147 Å². The van der Waals surface area contributed by atoms with Crippen molar-refractivity contribution in [2.75, 3.05) is 0 Å². The van der Waals surface area contributed by atoms with E-state index >= 15 is 0 Å². The number of alkyl halides is 3. The van der Waals surface area contributed by atoms with Crippen molar-refractivity contribution in [3.05, 3.63) is 77.9 Å². The van der Waals surface area contributed by atoms with Crippen LogP contribution < -0.4 is 0 Å². The third kappa shape index (κ3) is 3.39. The van der Waals surface area contributed by atoms with Crippen molar-refractivity contribution in [1.82, 2.24) is 0 Å². The second-order valence-electron chi connectivity index (χ2n) is 5.67. The summed E-state index contributed by atoms with van der Waals surface area (Å²) in [6, 6.07) is 15.9. The molecule has 0 aliphatic carbocycles. The predicted molar refractivity (Wildman–Crippen MR) is 90.9 cm³/mol. The standard InChI is InChI=1S/C20H13F3O3/c21-20(22,23)15-8-6-12(7-9-15)14-10-16(13-4-2-1-3-5-13)18(24)17(11-14)19(25)26/h1-11,24H,(H,25,26). The maximum atomic E-state index is 12.7. The van der Waals surface area contributed by atoms with Gasteiger partial charge in [0.05, 0.1) is 5.56 Å². The zero-order valence-corrected chi connectivity index (χ0v) is 13.3. The molecule has 0 atom stereocenters. The maximum absolute atomic E-state index is 12.7. The van der Waals surface area contributed by atoms with Gasteiger partial charge in [-0.25, -0.2) is 4.79 Å². The third-order valence-corrected chi connectivity index (χ3v) is 3.97. The highest BCUT2D eigenvalue weighted by atomic mass is 19.4. The summed E-state index contributed by atoms with van der Waals surface area (Å²) in [5, 5.41) is 19.7. The highest BCUT2D eigenvalue weighted by Gasteiger charge is 2.30. The van der Waals surface area contributed by atoms with Crippen LogP contribution in [-0.2, 0) is 6.18 Å². The Bertz CT molecular complexity index is 947. The molecular weight excluding hydrogens is 345 g/mol. The van der Waals surface area contributed by atoms with Crippen molar-refractivity contribution < 1.29 is 28.2 Å². The summed E-state index contributed by atoms with van der Waals surface area (Å²) in [4.78, 5) is 11.5. The van der Waals surface area contributed by atoms with E-state index in [4.69, 9.17) is 0 Å². The van der Waals surface area contributed by atoms with Gasteiger partial charge in [-0.15, -0.1) is 0 Å². The Hall–Kier alpha value is -3.28. The number of hydrogen-bond donors (Lipinski definition) is 2. The number of benzene rings is 3. The fraction of sp³-hybridized carbons (Fsp3) is 0.0500. The molecule has 0 aliphatic heterocycles. The van der Waals surface area contributed by atoms with Crippen LogP contribution in [0.25, 0.3) is 22.3 Å². The maximum Gasteiger partial charge on any atom is 0.416 e. The molecule has 3 aromatic rings. The zero-order valence-electron chi connectivity index (χ0n) is 13.3. The lowest BCUT2D eigenvalue weighted by Gasteiger charge is -2.12. The van der Waals surface area contributed by atoms with E-state index in [-0.39, 0.29) is 11.3 Å². The van der Waals surface area contributed by atoms with Gasteiger partial charge in [0, 0.05) is 5.56 Å². The van der Waals surface area contributed by atoms with Gasteiger partial charge in [-0.05, 0) is 41.0 Å². The molecule has 0 aromatic heterocycles. The van der Waals surface area contributed by atoms with Gasteiger partial charge in [0.2, 0.25) is 0 Å². The number of rotatable bonds is 3. The second kappa shape index (κ2) is 6.55. The highest BCUT2D eigenvalue weighted by molar-refractivity contribution is 5.96. The molecule has 0 aliphatic rings. The van der Waals surface area contributed by atoms with Gasteiger partial charge in [0.25, 0.3) is 0 Å². The molecule has 0 fully saturated rings. The Balaban J connectivity index is 2.16. The first kappa shape index (κ1) is 17.5. The van der Waals surface area contributed by atoms with Crippen LogP contribution in [0.2, 0.25) is 0 Å². The Kier molecular flexibility index (Phi) is 4.42. The number of carbonyl (C=O) groups is 1. The van der Waals surface area contributed by atoms with Crippen LogP contribution in [0.5, 0.6) is 5.75 Å². The van der Waals surface area contributed by atoms with Crippen molar-refractivity contribution in [3.8, 4) is 28.0 Å². The van der Waals surface area contributed by atoms with Crippen molar-refractivity contribution in [2.45, 2.75) is 6.18 Å². The molecule has 3 rings (SSSR count). The number of phenols is 1. The monoisotopic (exact) mass is 358 g/mol. The van der Waals surface area contributed by atoms with E-state index < -0.39 is 17.7 Å². The number of halogens is 3. The van der Waals surface area contributed by atoms with Crippen molar-refractivity contribution >= 4 is 5.97 Å². The topological polar surface area (TPSA) is 57.5 Å². The molecule has 0 radical (unpaired) electrons. The van der Waals surface area contributed by atoms with E-state index in [2.05, 4.69) is 0 Å². The molecule has 0 saturated heterocycles. The number of aromatic carboxylic acids is 1. The molecule has 3 aromatic carbocycles. The normalized spacial score (nSPS) is 11.3. The summed E-state index contributed by atoms with van der Waals surface area (Å²) in [7, 11) is 0. The number of aromatic hydroxyl groups is 1. The van der Waals surface area contributed by atoms with E-state index in [0.29, 0.717) is 22.3 Å². The lowest BCUT2D eigenvalue weighted by molar-refractivity contribution is -0.137. The van der Waals surface area contributed by atoms with Crippen LogP contribution in [-0.4, -0.2) is 16.2 Å². The first-order valence-corrected chi connectivity index (χ1v) is 7.61. The van der Waals surface area contributed by atoms with E-state index in [1.807, 2.05) is 0 Å². The van der Waals surface area contributed by atoms with Gasteiger partial charge in [-0.3, -0.25) is 0 Å². The number of carboxylic acids is 1. The summed E-state index contributed by atoms with van der Waals surface area (Å²) in [5.74, 6) is -1.71. The van der Waals surface area contributed by atoms with E-state index in [1.165, 1.54) is 18.2 Å². The molecule has 0 spiro atoms. The number of hydrogen-bond acceptors (Lipinski definition) is 2. The van der Waals surface area contributed by atoms with E-state index in [0.717, 1.165) is 12.1 Å². The molecule has 0 amide bonds.